The van der Waals surface area contributed by atoms with E-state index in [0.717, 1.165) is 0 Å². The van der Waals surface area contributed by atoms with Crippen molar-refractivity contribution in [3.63, 3.8) is 0 Å². The molecule has 0 aliphatic heterocycles. The highest BCUT2D eigenvalue weighted by Crippen LogP contribution is 2.29. The first-order valence-corrected chi connectivity index (χ1v) is 25.8. The van der Waals surface area contributed by atoms with Crippen molar-refractivity contribution >= 4 is 0 Å². The van der Waals surface area contributed by atoms with Crippen LogP contribution in [-0.4, -0.2) is 29.7 Å². The molecule has 0 rings (SSSR count). The third-order valence-electron chi connectivity index (χ3n) is 13.2. The molecule has 1 nitrogen and oxygen atoms in total. The maximum atomic E-state index is 2.59. The molecule has 0 spiro atoms. The molecule has 0 unspecified atom stereocenters. The molecule has 0 fully saturated rings. The van der Waals surface area contributed by atoms with Crippen LogP contribution in [0, 0.1) is 0 Å². The van der Waals surface area contributed by atoms with Crippen LogP contribution in [0.5, 0.6) is 0 Å². The Morgan fingerprint density at radius 3 is 0.472 bits per heavy atom. The van der Waals surface area contributed by atoms with Gasteiger partial charge in [-0.2, -0.15) is 0 Å². The average Bonchev–Trinajstić information content (AvgIpc) is 3.14. The molecule has 0 aromatic rings. The van der Waals surface area contributed by atoms with Crippen molar-refractivity contribution in [1.82, 2.24) is 0 Å². The van der Waals surface area contributed by atoms with E-state index in [9.17, 15) is 0 Å². The predicted octanol–water partition coefficient (Wildman–Crippen LogP) is 19.0. The first-order valence-electron chi connectivity index (χ1n) is 25.8. The SMILES string of the molecule is CCCCCCCCCCCCCCCC[N+](CCCCCCCCCCCCCCCC)(CCCCCCCCCCCCCCCC)C(C)(C)C. The summed E-state index contributed by atoms with van der Waals surface area (Å²) in [5.74, 6) is 0. The van der Waals surface area contributed by atoms with Crippen LogP contribution >= 0.6 is 0 Å². The zero-order valence-electron chi connectivity index (χ0n) is 38.8. The van der Waals surface area contributed by atoms with E-state index in [1.165, 1.54) is 294 Å². The van der Waals surface area contributed by atoms with Crippen LogP contribution in [-0.2, 0) is 0 Å². The molecule has 0 radical (unpaired) electrons. The lowest BCUT2D eigenvalue weighted by Gasteiger charge is -2.49. The first kappa shape index (κ1) is 53.0. The maximum Gasteiger partial charge on any atom is 0.0907 e. The van der Waals surface area contributed by atoms with Gasteiger partial charge in [0, 0.05) is 0 Å². The summed E-state index contributed by atoms with van der Waals surface area (Å²) in [6.07, 6.45) is 61.5. The second-order valence-electron chi connectivity index (χ2n) is 19.3. The Hall–Kier alpha value is -0.0400. The molecule has 0 saturated carbocycles. The smallest absolute Gasteiger partial charge is 0.0907 e. The number of quaternary nitrogens is 1. The Morgan fingerprint density at radius 2 is 0.340 bits per heavy atom. The van der Waals surface area contributed by atoms with Gasteiger partial charge in [0.15, 0.2) is 0 Å². The fraction of sp³-hybridized carbons (Fsp3) is 1.00. The monoisotopic (exact) mass is 747 g/mol. The van der Waals surface area contributed by atoms with E-state index in [-0.39, 0.29) is 0 Å². The van der Waals surface area contributed by atoms with Gasteiger partial charge in [0.2, 0.25) is 0 Å². The van der Waals surface area contributed by atoms with Gasteiger partial charge in [-0.15, -0.1) is 0 Å². The van der Waals surface area contributed by atoms with Gasteiger partial charge in [-0.1, -0.05) is 252 Å². The number of hydrogen-bond donors (Lipinski definition) is 0. The zero-order valence-corrected chi connectivity index (χ0v) is 38.8. The minimum Gasteiger partial charge on any atom is -0.319 e. The summed E-state index contributed by atoms with van der Waals surface area (Å²) in [6, 6.07) is 0. The van der Waals surface area contributed by atoms with E-state index in [1.807, 2.05) is 0 Å². The molecule has 53 heavy (non-hydrogen) atoms. The normalized spacial score (nSPS) is 12.3. The molecule has 0 aromatic heterocycles. The van der Waals surface area contributed by atoms with Crippen molar-refractivity contribution in [3.8, 4) is 0 Å². The minimum absolute atomic E-state index is 0.365. The standard InChI is InChI=1S/C52H108N/c1-7-10-13-16-19-22-25-28-31-34-37-40-43-46-49-53(52(4,5)6,50-47-44-41-38-35-32-29-26-23-20-17-14-11-8-2)51-48-45-42-39-36-33-30-27-24-21-18-15-12-9-3/h7-51H2,1-6H3/q+1. The molecule has 0 aliphatic carbocycles. The van der Waals surface area contributed by atoms with Crippen molar-refractivity contribution in [2.24, 2.45) is 0 Å². The molecule has 320 valence electrons. The summed E-state index contributed by atoms with van der Waals surface area (Å²) in [5.41, 5.74) is 0.365. The maximum absolute atomic E-state index is 2.59. The zero-order chi connectivity index (χ0) is 38.8. The highest BCUT2D eigenvalue weighted by molar-refractivity contribution is 4.67. The Morgan fingerprint density at radius 1 is 0.208 bits per heavy atom. The van der Waals surface area contributed by atoms with E-state index in [4.69, 9.17) is 0 Å². The average molecular weight is 747 g/mol. The summed E-state index contributed by atoms with van der Waals surface area (Å²) < 4.78 is 1.39. The molecule has 0 amide bonds. The topological polar surface area (TPSA) is 0 Å². The summed E-state index contributed by atoms with van der Waals surface area (Å²) in [6.45, 7) is 19.0. The van der Waals surface area contributed by atoms with Crippen LogP contribution < -0.4 is 0 Å². The van der Waals surface area contributed by atoms with Crippen molar-refractivity contribution in [1.29, 1.82) is 0 Å². The van der Waals surface area contributed by atoms with Crippen molar-refractivity contribution < 1.29 is 4.48 Å². The van der Waals surface area contributed by atoms with E-state index in [1.54, 1.807) is 0 Å². The minimum atomic E-state index is 0.365. The molecule has 0 N–H and O–H groups in total. The third-order valence-corrected chi connectivity index (χ3v) is 13.2. The Bertz CT molecular complexity index is 582. The van der Waals surface area contributed by atoms with Crippen molar-refractivity contribution in [2.45, 2.75) is 317 Å². The molecule has 0 aromatic carbocycles. The van der Waals surface area contributed by atoms with Crippen LogP contribution in [0.2, 0.25) is 0 Å². The summed E-state index contributed by atoms with van der Waals surface area (Å²) in [5, 5.41) is 0. The molecule has 0 atom stereocenters. The van der Waals surface area contributed by atoms with Gasteiger partial charge in [-0.05, 0) is 59.3 Å². The lowest BCUT2D eigenvalue weighted by molar-refractivity contribution is -0.971. The van der Waals surface area contributed by atoms with Gasteiger partial charge in [-0.25, -0.2) is 0 Å². The van der Waals surface area contributed by atoms with E-state index < -0.39 is 0 Å². The highest BCUT2D eigenvalue weighted by Gasteiger charge is 2.38. The predicted molar refractivity (Wildman–Crippen MR) is 246 cm³/mol. The third kappa shape index (κ3) is 36.1. The second-order valence-corrected chi connectivity index (χ2v) is 19.3. The number of nitrogens with zero attached hydrogens (tertiary/aromatic N) is 1. The molecule has 0 bridgehead atoms. The molecule has 0 aliphatic rings. The molecule has 1 heteroatoms. The quantitative estimate of drug-likeness (QED) is 0.0430. The molecular weight excluding hydrogens is 639 g/mol. The Kier molecular flexibility index (Phi) is 41.6. The largest absolute Gasteiger partial charge is 0.319 e. The lowest BCUT2D eigenvalue weighted by atomic mass is 9.96. The van der Waals surface area contributed by atoms with Crippen LogP contribution in [0.15, 0.2) is 0 Å². The van der Waals surface area contributed by atoms with Crippen LogP contribution in [0.25, 0.3) is 0 Å². The van der Waals surface area contributed by atoms with Gasteiger partial charge < -0.3 is 4.48 Å². The van der Waals surface area contributed by atoms with Crippen molar-refractivity contribution in [2.75, 3.05) is 19.6 Å². The molecule has 0 saturated heterocycles. The Balaban J connectivity index is 4.47. The van der Waals surface area contributed by atoms with Gasteiger partial charge in [0.25, 0.3) is 0 Å². The number of rotatable bonds is 45. The fourth-order valence-corrected chi connectivity index (χ4v) is 9.17. The lowest BCUT2D eigenvalue weighted by Crippen LogP contribution is -2.61. The number of unbranched alkanes of at least 4 members (excludes halogenated alkanes) is 39. The molecular formula is C52H108N+. The van der Waals surface area contributed by atoms with Gasteiger partial charge in [0.05, 0.1) is 25.2 Å². The van der Waals surface area contributed by atoms with Gasteiger partial charge >= 0.3 is 0 Å². The summed E-state index contributed by atoms with van der Waals surface area (Å²) in [4.78, 5) is 0. The van der Waals surface area contributed by atoms with E-state index in [0.29, 0.717) is 5.54 Å². The van der Waals surface area contributed by atoms with Gasteiger partial charge in [-0.3, -0.25) is 0 Å². The van der Waals surface area contributed by atoms with Crippen LogP contribution in [0.4, 0.5) is 0 Å². The van der Waals surface area contributed by atoms with Crippen molar-refractivity contribution in [3.05, 3.63) is 0 Å². The summed E-state index contributed by atoms with van der Waals surface area (Å²) in [7, 11) is 0. The summed E-state index contributed by atoms with van der Waals surface area (Å²) >= 11 is 0. The fourth-order valence-electron chi connectivity index (χ4n) is 9.17. The molecule has 0 heterocycles. The van der Waals surface area contributed by atoms with Gasteiger partial charge in [0.1, 0.15) is 0 Å². The second kappa shape index (κ2) is 41.6. The number of hydrogen-bond acceptors (Lipinski definition) is 0. The van der Waals surface area contributed by atoms with Crippen LogP contribution in [0.1, 0.15) is 311 Å². The first-order chi connectivity index (χ1) is 25.9. The van der Waals surface area contributed by atoms with E-state index >= 15 is 0 Å². The van der Waals surface area contributed by atoms with Crippen LogP contribution in [0.3, 0.4) is 0 Å². The van der Waals surface area contributed by atoms with E-state index in [2.05, 4.69) is 41.5 Å². The highest BCUT2D eigenvalue weighted by atomic mass is 15.4. The Labute approximate surface area is 339 Å².